The van der Waals surface area contributed by atoms with Crippen molar-refractivity contribution in [1.82, 2.24) is 15.0 Å². The van der Waals surface area contributed by atoms with Gasteiger partial charge in [0.2, 0.25) is 0 Å². The first-order valence-electron chi connectivity index (χ1n) is 11.1. The number of aromatic nitrogens is 3. The average Bonchev–Trinajstić information content (AvgIpc) is 3.30. The quantitative estimate of drug-likeness (QED) is 0.469. The molecule has 0 spiro atoms. The topological polar surface area (TPSA) is 87.4 Å². The lowest BCUT2D eigenvalue weighted by molar-refractivity contribution is 0.253. The molecule has 8 nitrogen and oxygen atoms in total. The Labute approximate surface area is 195 Å². The number of anilines is 3. The van der Waals surface area contributed by atoms with Crippen molar-refractivity contribution in [3.8, 4) is 22.6 Å². The first kappa shape index (κ1) is 20.3. The summed E-state index contributed by atoms with van der Waals surface area (Å²) in [5, 5.41) is 3.03. The molecular weight excluding hydrogens is 435 g/mol. The molecule has 1 fully saturated rings. The van der Waals surface area contributed by atoms with Gasteiger partial charge in [0.05, 0.1) is 23.8 Å². The van der Waals surface area contributed by atoms with E-state index in [1.807, 2.05) is 36.4 Å². The van der Waals surface area contributed by atoms with E-state index in [-0.39, 0.29) is 12.1 Å². The SMILES string of the molecule is O=C(Nc1cccc(-c2cnco2)c1)N1c2nc(-c3cncc(F)c3)ccc2N2CCC1CC2. The fourth-order valence-electron chi connectivity index (χ4n) is 4.67. The highest BCUT2D eigenvalue weighted by molar-refractivity contribution is 6.04. The zero-order valence-electron chi connectivity index (χ0n) is 18.2. The third-order valence-corrected chi connectivity index (χ3v) is 6.30. The molecule has 1 saturated heterocycles. The van der Waals surface area contributed by atoms with Crippen molar-refractivity contribution in [2.24, 2.45) is 0 Å². The van der Waals surface area contributed by atoms with E-state index in [9.17, 15) is 9.18 Å². The molecule has 0 saturated carbocycles. The van der Waals surface area contributed by atoms with Crippen LogP contribution in [0, 0.1) is 5.82 Å². The van der Waals surface area contributed by atoms with Crippen molar-refractivity contribution in [3.05, 3.63) is 73.3 Å². The zero-order valence-corrected chi connectivity index (χ0v) is 18.2. The second-order valence-electron chi connectivity index (χ2n) is 8.40. The van der Waals surface area contributed by atoms with Gasteiger partial charge in [-0.25, -0.2) is 19.2 Å². The van der Waals surface area contributed by atoms with Crippen molar-refractivity contribution in [2.75, 3.05) is 28.2 Å². The Morgan fingerprint density at radius 1 is 1.03 bits per heavy atom. The normalized spacial score (nSPS) is 15.2. The van der Waals surface area contributed by atoms with E-state index in [0.717, 1.165) is 43.4 Å². The summed E-state index contributed by atoms with van der Waals surface area (Å²) >= 11 is 0. The number of nitrogens with zero attached hydrogens (tertiary/aromatic N) is 5. The van der Waals surface area contributed by atoms with Gasteiger partial charge in [0, 0.05) is 42.1 Å². The van der Waals surface area contributed by atoms with Crippen LogP contribution in [0.5, 0.6) is 0 Å². The molecule has 3 aliphatic heterocycles. The van der Waals surface area contributed by atoms with E-state index in [0.29, 0.717) is 28.5 Å². The number of benzene rings is 1. The summed E-state index contributed by atoms with van der Waals surface area (Å²) in [5.74, 6) is 0.766. The Kier molecular flexibility index (Phi) is 4.94. The van der Waals surface area contributed by atoms with Crippen LogP contribution in [-0.2, 0) is 0 Å². The number of carbonyl (C=O) groups is 1. The number of urea groups is 1. The maximum absolute atomic E-state index is 13.8. The summed E-state index contributed by atoms with van der Waals surface area (Å²) in [5.41, 5.74) is 3.49. The summed E-state index contributed by atoms with van der Waals surface area (Å²) in [6.07, 6.45) is 7.43. The highest BCUT2D eigenvalue weighted by Gasteiger charge is 2.37. The maximum atomic E-state index is 13.8. The van der Waals surface area contributed by atoms with Gasteiger partial charge in [-0.3, -0.25) is 9.88 Å². The molecule has 1 N–H and O–H groups in total. The van der Waals surface area contributed by atoms with Gasteiger partial charge in [-0.05, 0) is 43.2 Å². The Morgan fingerprint density at radius 2 is 1.91 bits per heavy atom. The minimum Gasteiger partial charge on any atom is -0.444 e. The zero-order chi connectivity index (χ0) is 23.1. The number of oxazole rings is 1. The number of hydrogen-bond donors (Lipinski definition) is 1. The lowest BCUT2D eigenvalue weighted by Crippen LogP contribution is -2.46. The van der Waals surface area contributed by atoms with Crippen LogP contribution < -0.4 is 15.1 Å². The number of hydrogen-bond acceptors (Lipinski definition) is 6. The van der Waals surface area contributed by atoms with E-state index in [1.165, 1.54) is 12.5 Å². The number of piperidine rings is 1. The Morgan fingerprint density at radius 3 is 2.71 bits per heavy atom. The monoisotopic (exact) mass is 456 g/mol. The van der Waals surface area contributed by atoms with Crippen LogP contribution >= 0.6 is 0 Å². The van der Waals surface area contributed by atoms with Gasteiger partial charge in [0.15, 0.2) is 18.0 Å². The summed E-state index contributed by atoms with van der Waals surface area (Å²) in [7, 11) is 0. The molecule has 0 unspecified atom stereocenters. The first-order chi connectivity index (χ1) is 16.7. The molecule has 2 bridgehead atoms. The number of fused-ring (bicyclic) bond motifs is 2. The molecule has 34 heavy (non-hydrogen) atoms. The number of nitrogens with one attached hydrogen (secondary N) is 1. The van der Waals surface area contributed by atoms with Gasteiger partial charge in [-0.2, -0.15) is 0 Å². The number of halogens is 1. The number of rotatable bonds is 3. The van der Waals surface area contributed by atoms with Crippen molar-refractivity contribution in [1.29, 1.82) is 0 Å². The van der Waals surface area contributed by atoms with Gasteiger partial charge >= 0.3 is 6.03 Å². The Hall–Kier alpha value is -4.27. The van der Waals surface area contributed by atoms with Crippen molar-refractivity contribution in [2.45, 2.75) is 18.9 Å². The molecule has 0 atom stereocenters. The highest BCUT2D eigenvalue weighted by atomic mass is 19.1. The number of carbonyl (C=O) groups excluding carboxylic acids is 1. The standard InChI is InChI=1S/C25H21FN6O2/c26-18-10-17(12-27-13-18)21-4-5-22-24(30-21)32(20-6-8-31(22)9-7-20)25(33)29-19-3-1-2-16(11-19)23-14-28-15-34-23/h1-5,10-15,20H,6-9H2,(H,29,33). The predicted molar refractivity (Wildman–Crippen MR) is 126 cm³/mol. The van der Waals surface area contributed by atoms with E-state index in [4.69, 9.17) is 9.40 Å². The summed E-state index contributed by atoms with van der Waals surface area (Å²) < 4.78 is 19.2. The smallest absolute Gasteiger partial charge is 0.327 e. The first-order valence-corrected chi connectivity index (χ1v) is 11.1. The van der Waals surface area contributed by atoms with Crippen molar-refractivity contribution >= 4 is 23.2 Å². The summed E-state index contributed by atoms with van der Waals surface area (Å²) in [6, 6.07) is 12.4. The predicted octanol–water partition coefficient (Wildman–Crippen LogP) is 4.96. The van der Waals surface area contributed by atoms with Crippen molar-refractivity contribution < 1.29 is 13.6 Å². The molecule has 3 aliphatic rings. The molecule has 6 heterocycles. The minimum absolute atomic E-state index is 0.0170. The molecular formula is C25H21FN6O2. The molecule has 1 aromatic carbocycles. The second-order valence-corrected chi connectivity index (χ2v) is 8.40. The van der Waals surface area contributed by atoms with E-state index in [2.05, 4.69) is 20.2 Å². The molecule has 7 rings (SSSR count). The third kappa shape index (κ3) is 3.64. The maximum Gasteiger partial charge on any atom is 0.327 e. The highest BCUT2D eigenvalue weighted by Crippen LogP contribution is 2.39. The Bertz CT molecular complexity index is 1350. The van der Waals surface area contributed by atoms with Crippen LogP contribution in [0.25, 0.3) is 22.6 Å². The lowest BCUT2D eigenvalue weighted by Gasteiger charge is -2.31. The average molecular weight is 456 g/mol. The van der Waals surface area contributed by atoms with Crippen LogP contribution in [-0.4, -0.2) is 40.1 Å². The number of amides is 2. The van der Waals surface area contributed by atoms with Crippen molar-refractivity contribution in [3.63, 3.8) is 0 Å². The van der Waals surface area contributed by atoms with Gasteiger partial charge in [0.1, 0.15) is 5.82 Å². The molecule has 170 valence electrons. The fraction of sp³-hybridized carbons (Fsp3) is 0.200. The van der Waals surface area contributed by atoms with E-state index < -0.39 is 5.82 Å². The van der Waals surface area contributed by atoms with Crippen LogP contribution in [0.2, 0.25) is 0 Å². The minimum atomic E-state index is -0.431. The largest absolute Gasteiger partial charge is 0.444 e. The van der Waals surface area contributed by atoms with E-state index >= 15 is 0 Å². The molecule has 0 aliphatic carbocycles. The van der Waals surface area contributed by atoms with Gasteiger partial charge in [-0.15, -0.1) is 0 Å². The Balaban J connectivity index is 1.37. The summed E-state index contributed by atoms with van der Waals surface area (Å²) in [6.45, 7) is 1.70. The molecule has 2 amide bonds. The lowest BCUT2D eigenvalue weighted by atomic mass is 10.1. The van der Waals surface area contributed by atoms with Crippen LogP contribution in [0.3, 0.4) is 0 Å². The van der Waals surface area contributed by atoms with Gasteiger partial charge < -0.3 is 14.6 Å². The molecule has 4 aromatic rings. The van der Waals surface area contributed by atoms with Crippen LogP contribution in [0.15, 0.2) is 71.9 Å². The number of pyridine rings is 2. The molecule has 0 radical (unpaired) electrons. The van der Waals surface area contributed by atoms with Gasteiger partial charge in [-0.1, -0.05) is 12.1 Å². The van der Waals surface area contributed by atoms with Crippen LogP contribution in [0.4, 0.5) is 26.4 Å². The fourth-order valence-corrected chi connectivity index (χ4v) is 4.67. The molecule has 9 heteroatoms. The van der Waals surface area contributed by atoms with E-state index in [1.54, 1.807) is 17.3 Å². The molecule has 3 aromatic heterocycles. The second kappa shape index (κ2) is 8.26. The van der Waals surface area contributed by atoms with Gasteiger partial charge in [0.25, 0.3) is 0 Å². The van der Waals surface area contributed by atoms with Crippen LogP contribution in [0.1, 0.15) is 12.8 Å². The third-order valence-electron chi connectivity index (χ3n) is 6.30. The summed E-state index contributed by atoms with van der Waals surface area (Å²) in [4.78, 5) is 30.3.